The molecule has 1 aliphatic rings. The summed E-state index contributed by atoms with van der Waals surface area (Å²) in [6, 6.07) is 9.20. The third-order valence-corrected chi connectivity index (χ3v) is 3.94. The minimum atomic E-state index is 0.643. The Morgan fingerprint density at radius 3 is 2.78 bits per heavy atom. The molecule has 94 valence electrons. The van der Waals surface area contributed by atoms with Gasteiger partial charge in [-0.2, -0.15) is 0 Å². The quantitative estimate of drug-likeness (QED) is 0.847. The zero-order valence-corrected chi connectivity index (χ0v) is 10.9. The average Bonchev–Trinajstić information content (AvgIpc) is 2.44. The van der Waals surface area contributed by atoms with Crippen LogP contribution in [0.1, 0.15) is 37.7 Å². The van der Waals surface area contributed by atoms with Crippen molar-refractivity contribution in [2.24, 2.45) is 0 Å². The van der Waals surface area contributed by atoms with Crippen molar-refractivity contribution in [3.63, 3.8) is 0 Å². The van der Waals surface area contributed by atoms with E-state index in [9.17, 15) is 0 Å². The molecular formula is C16H20N2. The van der Waals surface area contributed by atoms with Crippen LogP contribution in [0.4, 0.5) is 5.69 Å². The molecule has 1 aromatic carbocycles. The van der Waals surface area contributed by atoms with E-state index >= 15 is 0 Å². The van der Waals surface area contributed by atoms with Crippen molar-refractivity contribution in [2.45, 2.75) is 45.1 Å². The summed E-state index contributed by atoms with van der Waals surface area (Å²) in [7, 11) is 0. The molecule has 2 aromatic rings. The molecule has 18 heavy (non-hydrogen) atoms. The maximum Gasteiger partial charge on any atom is 0.0751 e. The number of fused-ring (bicyclic) bond motifs is 1. The molecule has 0 bridgehead atoms. The van der Waals surface area contributed by atoms with Gasteiger partial charge in [0.25, 0.3) is 0 Å². The van der Waals surface area contributed by atoms with Crippen LogP contribution in [0.2, 0.25) is 0 Å². The lowest BCUT2D eigenvalue weighted by Crippen LogP contribution is -2.22. The molecule has 0 spiro atoms. The maximum atomic E-state index is 4.49. The highest BCUT2D eigenvalue weighted by atomic mass is 14.9. The zero-order chi connectivity index (χ0) is 12.4. The van der Waals surface area contributed by atoms with Gasteiger partial charge in [0.1, 0.15) is 0 Å². The van der Waals surface area contributed by atoms with Crippen LogP contribution in [-0.4, -0.2) is 11.0 Å². The first-order valence-electron chi connectivity index (χ1n) is 6.95. The van der Waals surface area contributed by atoms with Crippen LogP contribution in [0.5, 0.6) is 0 Å². The van der Waals surface area contributed by atoms with E-state index < -0.39 is 0 Å². The van der Waals surface area contributed by atoms with Crippen LogP contribution >= 0.6 is 0 Å². The molecule has 0 unspecified atom stereocenters. The third-order valence-electron chi connectivity index (χ3n) is 3.94. The van der Waals surface area contributed by atoms with Crippen LogP contribution in [-0.2, 0) is 0 Å². The molecule has 1 heterocycles. The smallest absolute Gasteiger partial charge is 0.0751 e. The second kappa shape index (κ2) is 4.97. The summed E-state index contributed by atoms with van der Waals surface area (Å²) in [4.78, 5) is 4.49. The van der Waals surface area contributed by atoms with E-state index in [1.165, 1.54) is 48.7 Å². The van der Waals surface area contributed by atoms with Crippen molar-refractivity contribution in [1.29, 1.82) is 0 Å². The van der Waals surface area contributed by atoms with Crippen LogP contribution in [0.3, 0.4) is 0 Å². The van der Waals surface area contributed by atoms with Crippen molar-refractivity contribution in [3.8, 4) is 0 Å². The first-order valence-corrected chi connectivity index (χ1v) is 6.95. The van der Waals surface area contributed by atoms with Gasteiger partial charge < -0.3 is 5.32 Å². The van der Waals surface area contributed by atoms with E-state index in [4.69, 9.17) is 0 Å². The first kappa shape index (κ1) is 11.5. The van der Waals surface area contributed by atoms with Crippen LogP contribution in [0, 0.1) is 6.92 Å². The van der Waals surface area contributed by atoms with Gasteiger partial charge in [-0.1, -0.05) is 25.3 Å². The van der Waals surface area contributed by atoms with Crippen molar-refractivity contribution < 1.29 is 0 Å². The SMILES string of the molecule is Cc1ccc(NC2CCCCC2)c2cccnc12. The molecule has 1 N–H and O–H groups in total. The molecule has 1 saturated carbocycles. The number of anilines is 1. The fourth-order valence-corrected chi connectivity index (χ4v) is 2.91. The highest BCUT2D eigenvalue weighted by Gasteiger charge is 2.14. The molecule has 3 rings (SSSR count). The number of hydrogen-bond donors (Lipinski definition) is 1. The Bertz CT molecular complexity index is 542. The van der Waals surface area contributed by atoms with Gasteiger partial charge in [0.15, 0.2) is 0 Å². The Labute approximate surface area is 108 Å². The van der Waals surface area contributed by atoms with Crippen molar-refractivity contribution in [1.82, 2.24) is 4.98 Å². The van der Waals surface area contributed by atoms with Gasteiger partial charge in [-0.05, 0) is 43.5 Å². The topological polar surface area (TPSA) is 24.9 Å². The number of aromatic nitrogens is 1. The molecule has 2 heteroatoms. The second-order valence-electron chi connectivity index (χ2n) is 5.31. The molecule has 0 aliphatic heterocycles. The van der Waals surface area contributed by atoms with Crippen LogP contribution < -0.4 is 5.32 Å². The Morgan fingerprint density at radius 2 is 1.94 bits per heavy atom. The van der Waals surface area contributed by atoms with Gasteiger partial charge in [0.2, 0.25) is 0 Å². The number of nitrogens with one attached hydrogen (secondary N) is 1. The summed E-state index contributed by atoms with van der Waals surface area (Å²) in [5, 5.41) is 4.96. The largest absolute Gasteiger partial charge is 0.382 e. The molecule has 1 fully saturated rings. The molecule has 2 nitrogen and oxygen atoms in total. The highest BCUT2D eigenvalue weighted by molar-refractivity contribution is 5.93. The Morgan fingerprint density at radius 1 is 1.11 bits per heavy atom. The normalized spacial score (nSPS) is 16.9. The molecule has 1 aromatic heterocycles. The van der Waals surface area contributed by atoms with E-state index in [0.717, 1.165) is 5.52 Å². The van der Waals surface area contributed by atoms with Crippen molar-refractivity contribution in [2.75, 3.05) is 5.32 Å². The zero-order valence-electron chi connectivity index (χ0n) is 10.9. The monoisotopic (exact) mass is 240 g/mol. The summed E-state index contributed by atoms with van der Waals surface area (Å²) >= 11 is 0. The van der Waals surface area contributed by atoms with E-state index in [1.54, 1.807) is 0 Å². The molecular weight excluding hydrogens is 220 g/mol. The minimum Gasteiger partial charge on any atom is -0.382 e. The summed E-state index contributed by atoms with van der Waals surface area (Å²) in [6.45, 7) is 2.12. The minimum absolute atomic E-state index is 0.643. The summed E-state index contributed by atoms with van der Waals surface area (Å²) in [6.07, 6.45) is 8.60. The summed E-state index contributed by atoms with van der Waals surface area (Å²) < 4.78 is 0. The van der Waals surface area contributed by atoms with Crippen LogP contribution in [0.25, 0.3) is 10.9 Å². The summed E-state index contributed by atoms with van der Waals surface area (Å²) in [5.41, 5.74) is 3.62. The number of nitrogens with zero attached hydrogens (tertiary/aromatic N) is 1. The maximum absolute atomic E-state index is 4.49. The van der Waals surface area contributed by atoms with E-state index in [1.807, 2.05) is 12.3 Å². The van der Waals surface area contributed by atoms with Gasteiger partial charge >= 0.3 is 0 Å². The van der Waals surface area contributed by atoms with Crippen molar-refractivity contribution in [3.05, 3.63) is 36.0 Å². The number of aryl methyl sites for hydroxylation is 1. The van der Waals surface area contributed by atoms with E-state index in [0.29, 0.717) is 6.04 Å². The van der Waals surface area contributed by atoms with E-state index in [2.05, 4.69) is 35.4 Å². The molecule has 0 amide bonds. The van der Waals surface area contributed by atoms with Crippen LogP contribution in [0.15, 0.2) is 30.5 Å². The average molecular weight is 240 g/mol. The van der Waals surface area contributed by atoms with Gasteiger partial charge in [-0.15, -0.1) is 0 Å². The molecule has 0 radical (unpaired) electrons. The lowest BCUT2D eigenvalue weighted by atomic mass is 9.95. The number of hydrogen-bond acceptors (Lipinski definition) is 2. The number of rotatable bonds is 2. The standard InChI is InChI=1S/C16H20N2/c1-12-9-10-15(14-8-5-11-17-16(12)14)18-13-6-3-2-4-7-13/h5,8-11,13,18H,2-4,6-7H2,1H3. The van der Waals surface area contributed by atoms with Gasteiger partial charge in [0.05, 0.1) is 5.52 Å². The van der Waals surface area contributed by atoms with Gasteiger partial charge in [-0.3, -0.25) is 4.98 Å². The molecule has 1 aliphatic carbocycles. The highest BCUT2D eigenvalue weighted by Crippen LogP contribution is 2.28. The van der Waals surface area contributed by atoms with E-state index in [-0.39, 0.29) is 0 Å². The Balaban J connectivity index is 1.94. The number of benzene rings is 1. The second-order valence-corrected chi connectivity index (χ2v) is 5.31. The summed E-state index contributed by atoms with van der Waals surface area (Å²) in [5.74, 6) is 0. The molecule has 0 atom stereocenters. The fraction of sp³-hybridized carbons (Fsp3) is 0.438. The van der Waals surface area contributed by atoms with Gasteiger partial charge in [-0.25, -0.2) is 0 Å². The lowest BCUT2D eigenvalue weighted by molar-refractivity contribution is 0.463. The first-order chi connectivity index (χ1) is 8.84. The third kappa shape index (κ3) is 2.20. The van der Waals surface area contributed by atoms with Crippen molar-refractivity contribution >= 4 is 16.6 Å². The molecule has 0 saturated heterocycles. The number of pyridine rings is 1. The predicted octanol–water partition coefficient (Wildman–Crippen LogP) is 4.29. The lowest BCUT2D eigenvalue weighted by Gasteiger charge is -2.24. The Hall–Kier alpha value is -1.57. The fourth-order valence-electron chi connectivity index (χ4n) is 2.91. The predicted molar refractivity (Wildman–Crippen MR) is 77.0 cm³/mol. The van der Waals surface area contributed by atoms with Gasteiger partial charge in [0, 0.05) is 23.3 Å². The Kier molecular flexibility index (Phi) is 3.18.